The van der Waals surface area contributed by atoms with Gasteiger partial charge in [-0.25, -0.2) is 0 Å². The molecule has 3 heteroatoms. The lowest BCUT2D eigenvalue weighted by atomic mass is 10.1. The van der Waals surface area contributed by atoms with Gasteiger partial charge in [-0.05, 0) is 48.7 Å². The molecule has 0 saturated heterocycles. The van der Waals surface area contributed by atoms with Gasteiger partial charge in [-0.3, -0.25) is 0 Å². The molecular formula is C15H17BrN2. The van der Waals surface area contributed by atoms with Gasteiger partial charge in [0.25, 0.3) is 0 Å². The SMILES string of the molecule is Cc1ccc(N)c(NCCc2ccc(Br)cc2)c1. The predicted molar refractivity (Wildman–Crippen MR) is 81.9 cm³/mol. The van der Waals surface area contributed by atoms with Crippen LogP contribution in [0.4, 0.5) is 11.4 Å². The summed E-state index contributed by atoms with van der Waals surface area (Å²) in [4.78, 5) is 0. The van der Waals surface area contributed by atoms with Crippen molar-refractivity contribution in [3.63, 3.8) is 0 Å². The summed E-state index contributed by atoms with van der Waals surface area (Å²) in [5.41, 5.74) is 10.3. The molecule has 0 aliphatic carbocycles. The van der Waals surface area contributed by atoms with Crippen LogP contribution < -0.4 is 11.1 Å². The summed E-state index contributed by atoms with van der Waals surface area (Å²) < 4.78 is 1.11. The van der Waals surface area contributed by atoms with Gasteiger partial charge in [-0.1, -0.05) is 34.1 Å². The van der Waals surface area contributed by atoms with Crippen LogP contribution in [-0.4, -0.2) is 6.54 Å². The average Bonchev–Trinajstić information content (AvgIpc) is 2.36. The Morgan fingerprint density at radius 1 is 1.11 bits per heavy atom. The molecule has 0 radical (unpaired) electrons. The van der Waals surface area contributed by atoms with Crippen molar-refractivity contribution in [3.8, 4) is 0 Å². The first-order chi connectivity index (χ1) is 8.65. The average molecular weight is 305 g/mol. The Labute approximate surface area is 116 Å². The predicted octanol–water partition coefficient (Wildman–Crippen LogP) is 3.99. The lowest BCUT2D eigenvalue weighted by Crippen LogP contribution is -2.07. The van der Waals surface area contributed by atoms with Crippen molar-refractivity contribution in [2.45, 2.75) is 13.3 Å². The minimum atomic E-state index is 0.802. The Kier molecular flexibility index (Phi) is 4.26. The third kappa shape index (κ3) is 3.50. The Bertz CT molecular complexity index is 521. The van der Waals surface area contributed by atoms with Crippen LogP contribution >= 0.6 is 15.9 Å². The lowest BCUT2D eigenvalue weighted by molar-refractivity contribution is 1.02. The van der Waals surface area contributed by atoms with E-state index in [-0.39, 0.29) is 0 Å². The summed E-state index contributed by atoms with van der Waals surface area (Å²) in [7, 11) is 0. The quantitative estimate of drug-likeness (QED) is 0.838. The first-order valence-electron chi connectivity index (χ1n) is 5.99. The minimum Gasteiger partial charge on any atom is -0.397 e. The summed E-state index contributed by atoms with van der Waals surface area (Å²) in [5.74, 6) is 0. The topological polar surface area (TPSA) is 38.0 Å². The van der Waals surface area contributed by atoms with Crippen molar-refractivity contribution >= 4 is 27.3 Å². The van der Waals surface area contributed by atoms with Gasteiger partial charge in [-0.2, -0.15) is 0 Å². The van der Waals surface area contributed by atoms with E-state index in [4.69, 9.17) is 5.73 Å². The van der Waals surface area contributed by atoms with E-state index in [2.05, 4.69) is 58.5 Å². The third-order valence-electron chi connectivity index (χ3n) is 2.85. The summed E-state index contributed by atoms with van der Waals surface area (Å²) in [5, 5.41) is 3.38. The molecular weight excluding hydrogens is 288 g/mol. The van der Waals surface area contributed by atoms with Gasteiger partial charge >= 0.3 is 0 Å². The first kappa shape index (κ1) is 13.0. The Morgan fingerprint density at radius 3 is 2.56 bits per heavy atom. The van der Waals surface area contributed by atoms with Gasteiger partial charge in [0.2, 0.25) is 0 Å². The van der Waals surface area contributed by atoms with Gasteiger partial charge in [0, 0.05) is 11.0 Å². The number of nitrogen functional groups attached to an aromatic ring is 1. The fourth-order valence-electron chi connectivity index (χ4n) is 1.82. The van der Waals surface area contributed by atoms with E-state index in [1.54, 1.807) is 0 Å². The van der Waals surface area contributed by atoms with Crippen LogP contribution in [0.1, 0.15) is 11.1 Å². The molecule has 0 bridgehead atoms. The Morgan fingerprint density at radius 2 is 1.83 bits per heavy atom. The van der Waals surface area contributed by atoms with Crippen LogP contribution in [-0.2, 0) is 6.42 Å². The second-order valence-electron chi connectivity index (χ2n) is 4.39. The molecule has 0 spiro atoms. The normalized spacial score (nSPS) is 10.3. The highest BCUT2D eigenvalue weighted by Gasteiger charge is 1.99. The zero-order valence-electron chi connectivity index (χ0n) is 10.4. The highest BCUT2D eigenvalue weighted by Crippen LogP contribution is 2.19. The maximum atomic E-state index is 5.92. The minimum absolute atomic E-state index is 0.802. The fourth-order valence-corrected chi connectivity index (χ4v) is 2.08. The van der Waals surface area contributed by atoms with E-state index in [9.17, 15) is 0 Å². The Hall–Kier alpha value is -1.48. The maximum Gasteiger partial charge on any atom is 0.0576 e. The zero-order chi connectivity index (χ0) is 13.0. The molecule has 0 aliphatic heterocycles. The second-order valence-corrected chi connectivity index (χ2v) is 5.31. The van der Waals surface area contributed by atoms with E-state index in [0.29, 0.717) is 0 Å². The fraction of sp³-hybridized carbons (Fsp3) is 0.200. The molecule has 0 amide bonds. The molecule has 0 saturated carbocycles. The van der Waals surface area contributed by atoms with Crippen LogP contribution in [0.5, 0.6) is 0 Å². The molecule has 0 atom stereocenters. The van der Waals surface area contributed by atoms with Crippen molar-refractivity contribution in [2.75, 3.05) is 17.6 Å². The Balaban J connectivity index is 1.92. The molecule has 0 heterocycles. The van der Waals surface area contributed by atoms with Crippen molar-refractivity contribution in [3.05, 3.63) is 58.1 Å². The van der Waals surface area contributed by atoms with Crippen LogP contribution in [0.2, 0.25) is 0 Å². The van der Waals surface area contributed by atoms with Gasteiger partial charge in [0.15, 0.2) is 0 Å². The highest BCUT2D eigenvalue weighted by atomic mass is 79.9. The zero-order valence-corrected chi connectivity index (χ0v) is 12.0. The molecule has 0 aromatic heterocycles. The number of anilines is 2. The third-order valence-corrected chi connectivity index (χ3v) is 3.38. The molecule has 2 aromatic rings. The highest BCUT2D eigenvalue weighted by molar-refractivity contribution is 9.10. The first-order valence-corrected chi connectivity index (χ1v) is 6.79. The second kappa shape index (κ2) is 5.91. The van der Waals surface area contributed by atoms with E-state index in [1.165, 1.54) is 11.1 Å². The van der Waals surface area contributed by atoms with E-state index in [0.717, 1.165) is 28.8 Å². The summed E-state index contributed by atoms with van der Waals surface area (Å²) >= 11 is 3.44. The van der Waals surface area contributed by atoms with Crippen LogP contribution in [0, 0.1) is 6.92 Å². The van der Waals surface area contributed by atoms with E-state index in [1.807, 2.05) is 12.1 Å². The van der Waals surface area contributed by atoms with Crippen LogP contribution in [0.15, 0.2) is 46.9 Å². The van der Waals surface area contributed by atoms with Gasteiger partial charge in [-0.15, -0.1) is 0 Å². The number of halogens is 1. The molecule has 0 aliphatic rings. The van der Waals surface area contributed by atoms with Crippen molar-refractivity contribution in [1.29, 1.82) is 0 Å². The number of aryl methyl sites for hydroxylation is 1. The van der Waals surface area contributed by atoms with E-state index < -0.39 is 0 Å². The van der Waals surface area contributed by atoms with Gasteiger partial charge < -0.3 is 11.1 Å². The summed E-state index contributed by atoms with van der Waals surface area (Å²) in [6, 6.07) is 14.4. The lowest BCUT2D eigenvalue weighted by Gasteiger charge is -2.10. The number of rotatable bonds is 4. The molecule has 2 rings (SSSR count). The molecule has 3 N–H and O–H groups in total. The summed E-state index contributed by atoms with van der Waals surface area (Å²) in [6.45, 7) is 2.95. The molecule has 94 valence electrons. The number of nitrogens with one attached hydrogen (secondary N) is 1. The van der Waals surface area contributed by atoms with Crippen molar-refractivity contribution in [1.82, 2.24) is 0 Å². The number of nitrogens with two attached hydrogens (primary N) is 1. The molecule has 0 fully saturated rings. The summed E-state index contributed by atoms with van der Waals surface area (Å²) in [6.07, 6.45) is 0.987. The van der Waals surface area contributed by atoms with Crippen molar-refractivity contribution < 1.29 is 0 Å². The molecule has 2 aromatic carbocycles. The molecule has 18 heavy (non-hydrogen) atoms. The number of benzene rings is 2. The number of hydrogen-bond acceptors (Lipinski definition) is 2. The number of hydrogen-bond donors (Lipinski definition) is 2. The smallest absolute Gasteiger partial charge is 0.0576 e. The van der Waals surface area contributed by atoms with Gasteiger partial charge in [0.05, 0.1) is 11.4 Å². The van der Waals surface area contributed by atoms with E-state index >= 15 is 0 Å². The monoisotopic (exact) mass is 304 g/mol. The molecule has 0 unspecified atom stereocenters. The standard InChI is InChI=1S/C15H17BrN2/c1-11-2-7-14(17)15(10-11)18-9-8-12-3-5-13(16)6-4-12/h2-7,10,18H,8-9,17H2,1H3. The maximum absolute atomic E-state index is 5.92. The van der Waals surface area contributed by atoms with Gasteiger partial charge in [0.1, 0.15) is 0 Å². The largest absolute Gasteiger partial charge is 0.397 e. The molecule has 2 nitrogen and oxygen atoms in total. The van der Waals surface area contributed by atoms with Crippen molar-refractivity contribution in [2.24, 2.45) is 0 Å². The van der Waals surface area contributed by atoms with Crippen LogP contribution in [0.25, 0.3) is 0 Å². The van der Waals surface area contributed by atoms with Crippen LogP contribution in [0.3, 0.4) is 0 Å².